The Morgan fingerprint density at radius 3 is 2.79 bits per heavy atom. The predicted molar refractivity (Wildman–Crippen MR) is 142 cm³/mol. The van der Waals surface area contributed by atoms with Crippen LogP contribution in [0, 0.1) is 19.8 Å². The van der Waals surface area contributed by atoms with Gasteiger partial charge in [0.25, 0.3) is 11.8 Å². The van der Waals surface area contributed by atoms with Gasteiger partial charge in [-0.25, -0.2) is 4.52 Å². The van der Waals surface area contributed by atoms with Crippen LogP contribution in [-0.4, -0.2) is 56.7 Å². The van der Waals surface area contributed by atoms with Crippen LogP contribution in [0.1, 0.15) is 64.6 Å². The number of aryl methyl sites for hydroxylation is 2. The third-order valence-corrected chi connectivity index (χ3v) is 7.93. The van der Waals surface area contributed by atoms with Crippen LogP contribution < -0.4 is 10.1 Å². The number of aromatic nitrogens is 2. The molecule has 2 fully saturated rings. The van der Waals surface area contributed by atoms with E-state index in [4.69, 9.17) is 9.15 Å². The fourth-order valence-electron chi connectivity index (χ4n) is 5.50. The van der Waals surface area contributed by atoms with Crippen LogP contribution in [0.4, 0.5) is 0 Å². The van der Waals surface area contributed by atoms with Gasteiger partial charge in [0.1, 0.15) is 22.6 Å². The van der Waals surface area contributed by atoms with E-state index in [0.29, 0.717) is 71.5 Å². The summed E-state index contributed by atoms with van der Waals surface area (Å²) in [7, 11) is 0. The monoisotopic (exact) mass is 516 g/mol. The highest BCUT2D eigenvalue weighted by atomic mass is 16.5. The molecule has 0 spiro atoms. The molecular weight excluding hydrogens is 484 g/mol. The molecule has 9 nitrogen and oxygen atoms in total. The summed E-state index contributed by atoms with van der Waals surface area (Å²) in [5.41, 5.74) is 2.24. The van der Waals surface area contributed by atoms with Crippen molar-refractivity contribution in [3.8, 4) is 11.5 Å². The number of rotatable bonds is 6. The van der Waals surface area contributed by atoms with Crippen LogP contribution in [0.25, 0.3) is 16.5 Å². The zero-order valence-corrected chi connectivity index (χ0v) is 21.9. The molecule has 4 heterocycles. The Labute approximate surface area is 220 Å². The number of fused-ring (bicyclic) bond motifs is 2. The van der Waals surface area contributed by atoms with Crippen LogP contribution >= 0.6 is 0 Å². The quantitative estimate of drug-likeness (QED) is 0.387. The molecule has 1 atom stereocenters. The Bertz CT molecular complexity index is 1560. The minimum absolute atomic E-state index is 0.113. The van der Waals surface area contributed by atoms with E-state index >= 15 is 0 Å². The average Bonchev–Trinajstić information content (AvgIpc) is 3.49. The molecule has 6 rings (SSSR count). The Kier molecular flexibility index (Phi) is 5.90. The average molecular weight is 517 g/mol. The number of nitrogens with zero attached hydrogens (tertiary/aromatic N) is 3. The molecule has 2 N–H and O–H groups in total. The van der Waals surface area contributed by atoms with Gasteiger partial charge in [0.2, 0.25) is 0 Å². The Hall–Kier alpha value is -3.85. The maximum atomic E-state index is 13.2. The summed E-state index contributed by atoms with van der Waals surface area (Å²) in [4.78, 5) is 27.8. The number of β-amino-alcohol motifs (C(OH)–C–C–N with tert-alkyl or cyclic N) is 1. The van der Waals surface area contributed by atoms with E-state index in [2.05, 4.69) is 10.4 Å². The first kappa shape index (κ1) is 24.5. The molecule has 198 valence electrons. The van der Waals surface area contributed by atoms with Crippen molar-refractivity contribution in [1.82, 2.24) is 19.8 Å². The van der Waals surface area contributed by atoms with Crippen LogP contribution in [-0.2, 0) is 0 Å². The summed E-state index contributed by atoms with van der Waals surface area (Å²) >= 11 is 0. The van der Waals surface area contributed by atoms with Crippen molar-refractivity contribution in [3.63, 3.8) is 0 Å². The molecular formula is C29H32N4O5. The number of furan rings is 1. The zero-order chi connectivity index (χ0) is 26.6. The third kappa shape index (κ3) is 4.30. The molecule has 4 aromatic rings. The van der Waals surface area contributed by atoms with Gasteiger partial charge in [0.05, 0.1) is 22.9 Å². The highest BCUT2D eigenvalue weighted by molar-refractivity contribution is 6.07. The molecule has 1 saturated heterocycles. The van der Waals surface area contributed by atoms with E-state index in [1.54, 1.807) is 47.8 Å². The van der Waals surface area contributed by atoms with Crippen LogP contribution in [0.15, 0.2) is 41.1 Å². The van der Waals surface area contributed by atoms with E-state index in [1.807, 2.05) is 19.1 Å². The van der Waals surface area contributed by atoms with E-state index in [-0.39, 0.29) is 11.8 Å². The second kappa shape index (κ2) is 9.16. The maximum Gasteiger partial charge on any atom is 0.255 e. The van der Waals surface area contributed by atoms with Crippen molar-refractivity contribution < 1.29 is 23.8 Å². The van der Waals surface area contributed by atoms with Gasteiger partial charge in [-0.05, 0) is 63.6 Å². The van der Waals surface area contributed by atoms with Crippen LogP contribution in [0.5, 0.6) is 11.5 Å². The number of nitrogens with one attached hydrogen (secondary N) is 1. The molecule has 0 radical (unpaired) electrons. The van der Waals surface area contributed by atoms with Crippen molar-refractivity contribution in [1.29, 1.82) is 0 Å². The molecule has 1 aromatic carbocycles. The fourth-order valence-corrected chi connectivity index (χ4v) is 5.50. The fraction of sp³-hybridized carbons (Fsp3) is 0.414. The molecule has 3 aromatic heterocycles. The van der Waals surface area contributed by atoms with Gasteiger partial charge in [-0.1, -0.05) is 6.42 Å². The highest BCUT2D eigenvalue weighted by Gasteiger charge is 2.35. The number of benzene rings is 1. The topological polar surface area (TPSA) is 109 Å². The third-order valence-electron chi connectivity index (χ3n) is 7.93. The molecule has 2 aliphatic rings. The minimum Gasteiger partial charge on any atom is -0.460 e. The Balaban J connectivity index is 1.27. The smallest absolute Gasteiger partial charge is 0.255 e. The number of ether oxygens (including phenoxy) is 1. The SMILES string of the molecule is Cc1oc2cc(Oc3ccnn4cc(C(=O)N5CC[C@@](C)(O)C5)c(C)c34)ccc2c1C(=O)NCC1CCC1. The summed E-state index contributed by atoms with van der Waals surface area (Å²) in [5.74, 6) is 2.00. The summed E-state index contributed by atoms with van der Waals surface area (Å²) in [5, 5.41) is 18.5. The van der Waals surface area contributed by atoms with Crippen molar-refractivity contribution in [3.05, 3.63) is 59.1 Å². The molecule has 9 heteroatoms. The standard InChI is InChI=1S/C29H32N4O5/c1-17-22(28(35)32-12-10-29(3,36)16-32)15-33-26(17)23(9-11-31-33)38-20-7-8-21-24(13-20)37-18(2)25(21)27(34)30-14-19-5-4-6-19/h7-9,11,13,15,19,36H,4-6,10,12,14,16H2,1-3H3,(H,30,34)/t29-/m1/s1. The number of aliphatic hydroxyl groups is 1. The normalized spacial score (nSPS) is 19.7. The van der Waals surface area contributed by atoms with E-state index in [0.717, 1.165) is 10.9 Å². The number of amides is 2. The van der Waals surface area contributed by atoms with Crippen LogP contribution in [0.2, 0.25) is 0 Å². The summed E-state index contributed by atoms with van der Waals surface area (Å²) < 4.78 is 13.8. The van der Waals surface area contributed by atoms with E-state index < -0.39 is 5.60 Å². The summed E-state index contributed by atoms with van der Waals surface area (Å²) in [6.07, 6.45) is 7.47. The van der Waals surface area contributed by atoms with Crippen molar-refractivity contribution in [2.24, 2.45) is 5.92 Å². The first-order valence-electron chi connectivity index (χ1n) is 13.2. The molecule has 0 bridgehead atoms. The number of hydrogen-bond donors (Lipinski definition) is 2. The van der Waals surface area contributed by atoms with Gasteiger partial charge in [-0.15, -0.1) is 0 Å². The first-order valence-corrected chi connectivity index (χ1v) is 13.2. The second-order valence-electron chi connectivity index (χ2n) is 10.9. The number of carbonyl (C=O) groups excluding carboxylic acids is 2. The van der Waals surface area contributed by atoms with Gasteiger partial charge >= 0.3 is 0 Å². The minimum atomic E-state index is -0.866. The Morgan fingerprint density at radius 2 is 2.08 bits per heavy atom. The summed E-state index contributed by atoms with van der Waals surface area (Å²) in [6, 6.07) is 7.19. The van der Waals surface area contributed by atoms with Crippen molar-refractivity contribution in [2.75, 3.05) is 19.6 Å². The zero-order valence-electron chi connectivity index (χ0n) is 21.9. The van der Waals surface area contributed by atoms with Gasteiger partial charge < -0.3 is 24.5 Å². The largest absolute Gasteiger partial charge is 0.460 e. The number of carbonyl (C=O) groups is 2. The van der Waals surface area contributed by atoms with E-state index in [1.165, 1.54) is 19.3 Å². The van der Waals surface area contributed by atoms with Crippen LogP contribution in [0.3, 0.4) is 0 Å². The molecule has 2 amide bonds. The molecule has 38 heavy (non-hydrogen) atoms. The first-order chi connectivity index (χ1) is 18.2. The van der Waals surface area contributed by atoms with Gasteiger partial charge in [0, 0.05) is 43.4 Å². The lowest BCUT2D eigenvalue weighted by Crippen LogP contribution is -2.34. The maximum absolute atomic E-state index is 13.2. The van der Waals surface area contributed by atoms with Gasteiger partial charge in [-0.3, -0.25) is 9.59 Å². The number of hydrogen-bond acceptors (Lipinski definition) is 6. The molecule has 1 aliphatic carbocycles. The lowest BCUT2D eigenvalue weighted by molar-refractivity contribution is 0.0572. The molecule has 0 unspecified atom stereocenters. The highest BCUT2D eigenvalue weighted by Crippen LogP contribution is 2.35. The lowest BCUT2D eigenvalue weighted by atomic mass is 9.85. The van der Waals surface area contributed by atoms with Gasteiger partial charge in [0.15, 0.2) is 5.75 Å². The molecule has 1 saturated carbocycles. The predicted octanol–water partition coefficient (Wildman–Crippen LogP) is 4.62. The van der Waals surface area contributed by atoms with Crippen molar-refractivity contribution >= 4 is 28.3 Å². The Morgan fingerprint density at radius 1 is 1.26 bits per heavy atom. The molecule has 1 aliphatic heterocycles. The second-order valence-corrected chi connectivity index (χ2v) is 10.9. The lowest BCUT2D eigenvalue weighted by Gasteiger charge is -2.25. The number of likely N-dealkylation sites (tertiary alicyclic amines) is 1. The van der Waals surface area contributed by atoms with Crippen molar-refractivity contribution in [2.45, 2.75) is 52.1 Å². The van der Waals surface area contributed by atoms with E-state index in [9.17, 15) is 14.7 Å². The summed E-state index contributed by atoms with van der Waals surface area (Å²) in [6.45, 7) is 6.93. The van der Waals surface area contributed by atoms with Gasteiger partial charge in [-0.2, -0.15) is 5.10 Å².